The monoisotopic (exact) mass is 476 g/mol. The van der Waals surface area contributed by atoms with Gasteiger partial charge in [0.1, 0.15) is 5.02 Å². The zero-order valence-electron chi connectivity index (χ0n) is 13.6. The van der Waals surface area contributed by atoms with Crippen LogP contribution in [0.3, 0.4) is 0 Å². The first-order chi connectivity index (χ1) is 13.2. The number of hydrogen-bond acceptors (Lipinski definition) is 5. The lowest BCUT2D eigenvalue weighted by Crippen LogP contribution is -2.27. The van der Waals surface area contributed by atoms with Gasteiger partial charge < -0.3 is 0 Å². The van der Waals surface area contributed by atoms with E-state index in [0.717, 1.165) is 11.0 Å². The molecule has 3 rings (SSSR count). The summed E-state index contributed by atoms with van der Waals surface area (Å²) in [5.74, 6) is -0.547. The molecule has 0 unspecified atom stereocenters. The molecule has 0 spiro atoms. The normalized spacial score (nSPS) is 15.6. The van der Waals surface area contributed by atoms with E-state index in [9.17, 15) is 19.7 Å². The minimum absolute atomic E-state index is 0.00733. The van der Waals surface area contributed by atoms with E-state index in [2.05, 4.69) is 0 Å². The first kappa shape index (κ1) is 21.0. The van der Waals surface area contributed by atoms with Gasteiger partial charge in [0.05, 0.1) is 26.4 Å². The molecule has 0 aliphatic carbocycles. The van der Waals surface area contributed by atoms with Crippen LogP contribution in [0.4, 0.5) is 10.5 Å². The second-order valence-electron chi connectivity index (χ2n) is 5.60. The number of imide groups is 1. The van der Waals surface area contributed by atoms with Crippen molar-refractivity contribution in [1.82, 2.24) is 4.90 Å². The third-order valence-corrected chi connectivity index (χ3v) is 6.02. The summed E-state index contributed by atoms with van der Waals surface area (Å²) in [6.07, 6.45) is 1.32. The number of carbonyl (C=O) groups excluding carboxylic acids is 2. The number of nitro benzene ring substituents is 1. The Labute approximate surface area is 183 Å². The highest BCUT2D eigenvalue weighted by Gasteiger charge is 2.35. The Morgan fingerprint density at radius 1 is 1.00 bits per heavy atom. The van der Waals surface area contributed by atoms with Crippen LogP contribution in [0.1, 0.15) is 11.1 Å². The van der Waals surface area contributed by atoms with Crippen molar-refractivity contribution in [2.45, 2.75) is 6.54 Å². The molecule has 2 amide bonds. The Hall–Kier alpha value is -1.77. The van der Waals surface area contributed by atoms with Crippen LogP contribution in [0.15, 0.2) is 35.2 Å². The third kappa shape index (κ3) is 4.29. The number of nitrogens with zero attached hydrogens (tertiary/aromatic N) is 2. The second kappa shape index (κ2) is 8.31. The summed E-state index contributed by atoms with van der Waals surface area (Å²) in [5, 5.41) is 11.2. The summed E-state index contributed by atoms with van der Waals surface area (Å²) in [6, 6.07) is 7.15. The fraction of sp³-hybridized carbons (Fsp3) is 0.0588. The van der Waals surface area contributed by atoms with Crippen LogP contribution >= 0.6 is 58.2 Å². The zero-order chi connectivity index (χ0) is 20.6. The molecule has 2 aromatic rings. The fourth-order valence-electron chi connectivity index (χ4n) is 2.40. The van der Waals surface area contributed by atoms with Crippen molar-refractivity contribution < 1.29 is 14.5 Å². The standard InChI is InChI=1S/C17H8Cl4N2O4S/c18-10-2-1-8(3-12(10)20)7-22-16(24)15(28-17(22)25)5-9-4-14(23(26)27)13(21)6-11(9)19/h1-6H,7H2/b15-5-. The number of nitro groups is 1. The van der Waals surface area contributed by atoms with Crippen LogP contribution in [0.5, 0.6) is 0 Å². The second-order valence-corrected chi connectivity index (χ2v) is 8.22. The van der Waals surface area contributed by atoms with E-state index in [0.29, 0.717) is 27.4 Å². The molecule has 144 valence electrons. The van der Waals surface area contributed by atoms with Crippen molar-refractivity contribution in [3.63, 3.8) is 0 Å². The summed E-state index contributed by atoms with van der Waals surface area (Å²) < 4.78 is 0. The van der Waals surface area contributed by atoms with Crippen LogP contribution in [0.25, 0.3) is 6.08 Å². The number of benzene rings is 2. The molecule has 1 aliphatic rings. The molecule has 0 saturated carbocycles. The topological polar surface area (TPSA) is 80.5 Å². The van der Waals surface area contributed by atoms with Gasteiger partial charge in [-0.2, -0.15) is 0 Å². The van der Waals surface area contributed by atoms with Crippen molar-refractivity contribution in [2.24, 2.45) is 0 Å². The predicted octanol–water partition coefficient (Wildman–Crippen LogP) is 6.44. The van der Waals surface area contributed by atoms with Crippen LogP contribution in [0, 0.1) is 10.1 Å². The summed E-state index contributed by atoms with van der Waals surface area (Å²) in [5.41, 5.74) is 0.475. The van der Waals surface area contributed by atoms with Gasteiger partial charge in [-0.3, -0.25) is 24.6 Å². The highest BCUT2D eigenvalue weighted by Crippen LogP contribution is 2.37. The molecule has 1 fully saturated rings. The molecule has 1 aliphatic heterocycles. The molecule has 0 N–H and O–H groups in total. The van der Waals surface area contributed by atoms with Gasteiger partial charge in [0, 0.05) is 16.7 Å². The maximum absolute atomic E-state index is 12.6. The average molecular weight is 478 g/mol. The number of carbonyl (C=O) groups is 2. The quantitative estimate of drug-likeness (QED) is 0.287. The van der Waals surface area contributed by atoms with Crippen LogP contribution in [-0.2, 0) is 11.3 Å². The molecule has 11 heteroatoms. The molecule has 1 saturated heterocycles. The maximum Gasteiger partial charge on any atom is 0.293 e. The van der Waals surface area contributed by atoms with Crippen molar-refractivity contribution in [3.8, 4) is 0 Å². The van der Waals surface area contributed by atoms with E-state index in [-0.39, 0.29) is 32.7 Å². The molecule has 1 heterocycles. The molecule has 2 aromatic carbocycles. The highest BCUT2D eigenvalue weighted by molar-refractivity contribution is 8.18. The van der Waals surface area contributed by atoms with Gasteiger partial charge in [0.2, 0.25) is 0 Å². The summed E-state index contributed by atoms with van der Waals surface area (Å²) in [7, 11) is 0. The summed E-state index contributed by atoms with van der Waals surface area (Å²) >= 11 is 24.4. The van der Waals surface area contributed by atoms with E-state index in [1.165, 1.54) is 12.1 Å². The summed E-state index contributed by atoms with van der Waals surface area (Å²) in [6.45, 7) is 0.00733. The predicted molar refractivity (Wildman–Crippen MR) is 111 cm³/mol. The SMILES string of the molecule is O=C1S/C(=C\c2cc([N+](=O)[O-])c(Cl)cc2Cl)C(=O)N1Cc1ccc(Cl)c(Cl)c1. The van der Waals surface area contributed by atoms with Crippen LogP contribution < -0.4 is 0 Å². The fourth-order valence-corrected chi connectivity index (χ4v) is 4.06. The number of rotatable bonds is 4. The minimum Gasteiger partial charge on any atom is -0.268 e. The highest BCUT2D eigenvalue weighted by atomic mass is 35.5. The lowest BCUT2D eigenvalue weighted by Gasteiger charge is -2.13. The first-order valence-electron chi connectivity index (χ1n) is 7.50. The van der Waals surface area contributed by atoms with Crippen molar-refractivity contribution in [2.75, 3.05) is 0 Å². The smallest absolute Gasteiger partial charge is 0.268 e. The minimum atomic E-state index is -0.661. The van der Waals surface area contributed by atoms with Gasteiger partial charge >= 0.3 is 0 Å². The van der Waals surface area contributed by atoms with Gasteiger partial charge in [0.15, 0.2) is 0 Å². The number of halogens is 4. The van der Waals surface area contributed by atoms with Gasteiger partial charge in [-0.1, -0.05) is 52.5 Å². The van der Waals surface area contributed by atoms with Crippen molar-refractivity contribution in [1.29, 1.82) is 0 Å². The number of amides is 2. The largest absolute Gasteiger partial charge is 0.293 e. The zero-order valence-corrected chi connectivity index (χ0v) is 17.5. The van der Waals surface area contributed by atoms with E-state index < -0.39 is 16.1 Å². The molecular weight excluding hydrogens is 470 g/mol. The van der Waals surface area contributed by atoms with Crippen molar-refractivity contribution in [3.05, 3.63) is 76.6 Å². The lowest BCUT2D eigenvalue weighted by atomic mass is 10.1. The number of thioether (sulfide) groups is 1. The van der Waals surface area contributed by atoms with E-state index in [1.807, 2.05) is 0 Å². The molecule has 0 atom stereocenters. The lowest BCUT2D eigenvalue weighted by molar-refractivity contribution is -0.384. The maximum atomic E-state index is 12.6. The van der Waals surface area contributed by atoms with Gasteiger partial charge in [-0.05, 0) is 41.6 Å². The van der Waals surface area contributed by atoms with Gasteiger partial charge in [-0.25, -0.2) is 0 Å². The molecule has 0 radical (unpaired) electrons. The number of hydrogen-bond donors (Lipinski definition) is 0. The average Bonchev–Trinajstić information content (AvgIpc) is 2.87. The Morgan fingerprint density at radius 3 is 2.36 bits per heavy atom. The van der Waals surface area contributed by atoms with Crippen LogP contribution in [0.2, 0.25) is 20.1 Å². The molecule has 0 aromatic heterocycles. The molecular formula is C17H8Cl4N2O4S. The molecule has 0 bridgehead atoms. The van der Waals surface area contributed by atoms with E-state index in [4.69, 9.17) is 46.4 Å². The van der Waals surface area contributed by atoms with Crippen molar-refractivity contribution >= 4 is 81.1 Å². The summed E-state index contributed by atoms with van der Waals surface area (Å²) in [4.78, 5) is 36.4. The Balaban J connectivity index is 1.90. The Bertz CT molecular complexity index is 1060. The Kier molecular flexibility index (Phi) is 6.21. The van der Waals surface area contributed by atoms with E-state index >= 15 is 0 Å². The van der Waals surface area contributed by atoms with E-state index in [1.54, 1.807) is 18.2 Å². The van der Waals surface area contributed by atoms with Gasteiger partial charge in [-0.15, -0.1) is 0 Å². The molecule has 28 heavy (non-hydrogen) atoms. The molecule has 6 nitrogen and oxygen atoms in total. The third-order valence-electron chi connectivity index (χ3n) is 3.75. The van der Waals surface area contributed by atoms with Crippen LogP contribution in [-0.4, -0.2) is 21.0 Å². The Morgan fingerprint density at radius 2 is 1.71 bits per heavy atom. The van der Waals surface area contributed by atoms with Gasteiger partial charge in [0.25, 0.3) is 16.8 Å². The first-order valence-corrected chi connectivity index (χ1v) is 9.83.